The molecule has 1 aliphatic carbocycles. The van der Waals surface area contributed by atoms with Gasteiger partial charge in [-0.2, -0.15) is 5.10 Å². The second kappa shape index (κ2) is 5.29. The molecule has 0 aromatic carbocycles. The van der Waals surface area contributed by atoms with E-state index in [0.29, 0.717) is 5.92 Å². The number of hydrogen-bond donors (Lipinski definition) is 1. The first kappa shape index (κ1) is 10.7. The Kier molecular flexibility index (Phi) is 3.75. The Bertz CT molecular complexity index is 285. The molecule has 0 bridgehead atoms. The van der Waals surface area contributed by atoms with Crippen LogP contribution in [0, 0.1) is 0 Å². The molecular formula is C12H21N3. The number of hydrogen-bond acceptors (Lipinski definition) is 2. The second-order valence-electron chi connectivity index (χ2n) is 4.58. The Morgan fingerprint density at radius 1 is 1.20 bits per heavy atom. The van der Waals surface area contributed by atoms with Crippen molar-refractivity contribution in [3.8, 4) is 0 Å². The number of nitrogens with zero attached hydrogens (tertiary/aromatic N) is 2. The molecule has 3 nitrogen and oxygen atoms in total. The van der Waals surface area contributed by atoms with Crippen LogP contribution >= 0.6 is 0 Å². The molecule has 1 aromatic heterocycles. The summed E-state index contributed by atoms with van der Waals surface area (Å²) in [6.45, 7) is 2.17. The van der Waals surface area contributed by atoms with Gasteiger partial charge in [-0.25, -0.2) is 4.98 Å². The lowest BCUT2D eigenvalue weighted by Gasteiger charge is -2.08. The molecule has 0 amide bonds. The van der Waals surface area contributed by atoms with E-state index in [-0.39, 0.29) is 0 Å². The van der Waals surface area contributed by atoms with Crippen LogP contribution in [0.4, 0.5) is 0 Å². The van der Waals surface area contributed by atoms with E-state index >= 15 is 0 Å². The fourth-order valence-electron chi connectivity index (χ4n) is 2.38. The average molecular weight is 207 g/mol. The van der Waals surface area contributed by atoms with Gasteiger partial charge in [-0.1, -0.05) is 32.6 Å². The van der Waals surface area contributed by atoms with Crippen molar-refractivity contribution in [2.45, 2.75) is 64.2 Å². The molecule has 1 aliphatic rings. The highest BCUT2D eigenvalue weighted by atomic mass is 15.2. The smallest absolute Gasteiger partial charge is 0.153 e. The van der Waals surface area contributed by atoms with Crippen LogP contribution in [-0.4, -0.2) is 15.2 Å². The zero-order chi connectivity index (χ0) is 10.5. The molecule has 2 rings (SSSR count). The minimum atomic E-state index is 0.620. The van der Waals surface area contributed by atoms with Gasteiger partial charge in [-0.05, 0) is 19.3 Å². The van der Waals surface area contributed by atoms with Crippen LogP contribution in [0.5, 0.6) is 0 Å². The molecule has 3 heteroatoms. The van der Waals surface area contributed by atoms with Crippen molar-refractivity contribution in [3.63, 3.8) is 0 Å². The van der Waals surface area contributed by atoms with Gasteiger partial charge in [0.15, 0.2) is 5.82 Å². The fraction of sp³-hybridized carbons (Fsp3) is 0.833. The van der Waals surface area contributed by atoms with E-state index in [1.54, 1.807) is 0 Å². The number of H-pyrrole nitrogens is 1. The molecule has 1 aromatic rings. The van der Waals surface area contributed by atoms with Crippen LogP contribution in [-0.2, 0) is 6.42 Å². The maximum Gasteiger partial charge on any atom is 0.153 e. The Morgan fingerprint density at radius 2 is 1.93 bits per heavy atom. The fourth-order valence-corrected chi connectivity index (χ4v) is 2.38. The molecule has 0 radical (unpaired) electrons. The minimum Gasteiger partial charge on any atom is -0.263 e. The Hall–Kier alpha value is -0.860. The minimum absolute atomic E-state index is 0.620. The SMILES string of the molecule is CCCc1nc(C2CCCCCC2)n[nH]1. The van der Waals surface area contributed by atoms with E-state index in [1.165, 1.54) is 38.5 Å². The van der Waals surface area contributed by atoms with Crippen molar-refractivity contribution >= 4 is 0 Å². The van der Waals surface area contributed by atoms with Crippen molar-refractivity contribution in [1.29, 1.82) is 0 Å². The number of rotatable bonds is 3. The van der Waals surface area contributed by atoms with Gasteiger partial charge < -0.3 is 0 Å². The highest BCUT2D eigenvalue weighted by molar-refractivity contribution is 4.98. The normalized spacial score (nSPS) is 19.0. The lowest BCUT2D eigenvalue weighted by atomic mass is 10.00. The van der Waals surface area contributed by atoms with Crippen LogP contribution in [0.2, 0.25) is 0 Å². The Balaban J connectivity index is 2.00. The summed E-state index contributed by atoms with van der Waals surface area (Å²) in [6.07, 6.45) is 10.2. The van der Waals surface area contributed by atoms with Crippen LogP contribution in [0.3, 0.4) is 0 Å². The third-order valence-electron chi connectivity index (χ3n) is 3.26. The summed E-state index contributed by atoms with van der Waals surface area (Å²) in [5.41, 5.74) is 0. The van der Waals surface area contributed by atoms with Crippen LogP contribution in [0.1, 0.15) is 69.4 Å². The summed E-state index contributed by atoms with van der Waals surface area (Å²) in [6, 6.07) is 0. The molecule has 84 valence electrons. The monoisotopic (exact) mass is 207 g/mol. The summed E-state index contributed by atoms with van der Waals surface area (Å²) in [5, 5.41) is 7.43. The van der Waals surface area contributed by atoms with Crippen LogP contribution in [0.25, 0.3) is 0 Å². The predicted molar refractivity (Wildman–Crippen MR) is 60.8 cm³/mol. The Morgan fingerprint density at radius 3 is 2.60 bits per heavy atom. The highest BCUT2D eigenvalue weighted by Gasteiger charge is 2.18. The molecule has 0 aliphatic heterocycles. The summed E-state index contributed by atoms with van der Waals surface area (Å²) in [4.78, 5) is 4.60. The Labute approximate surface area is 91.7 Å². The topological polar surface area (TPSA) is 41.6 Å². The zero-order valence-electron chi connectivity index (χ0n) is 9.63. The average Bonchev–Trinajstić information content (AvgIpc) is 2.53. The quantitative estimate of drug-likeness (QED) is 0.773. The highest BCUT2D eigenvalue weighted by Crippen LogP contribution is 2.29. The number of aryl methyl sites for hydroxylation is 1. The van der Waals surface area contributed by atoms with Crippen molar-refractivity contribution in [3.05, 3.63) is 11.6 Å². The third kappa shape index (κ3) is 2.80. The lowest BCUT2D eigenvalue weighted by Crippen LogP contribution is -1.99. The molecular weight excluding hydrogens is 186 g/mol. The molecule has 0 spiro atoms. The first-order valence-electron chi connectivity index (χ1n) is 6.31. The molecule has 0 unspecified atom stereocenters. The first-order chi connectivity index (χ1) is 7.40. The summed E-state index contributed by atoms with van der Waals surface area (Å²) in [7, 11) is 0. The lowest BCUT2D eigenvalue weighted by molar-refractivity contribution is 0.562. The van der Waals surface area contributed by atoms with E-state index in [4.69, 9.17) is 0 Å². The maximum absolute atomic E-state index is 4.60. The van der Waals surface area contributed by atoms with E-state index < -0.39 is 0 Å². The summed E-state index contributed by atoms with van der Waals surface area (Å²) in [5.74, 6) is 2.76. The van der Waals surface area contributed by atoms with Gasteiger partial charge >= 0.3 is 0 Å². The van der Waals surface area contributed by atoms with Crippen LogP contribution in [0.15, 0.2) is 0 Å². The van der Waals surface area contributed by atoms with Crippen molar-refractivity contribution in [2.24, 2.45) is 0 Å². The predicted octanol–water partition coefficient (Wildman–Crippen LogP) is 3.20. The standard InChI is InChI=1S/C12H21N3/c1-2-7-11-13-12(15-14-11)10-8-5-3-4-6-9-10/h10H,2-9H2,1H3,(H,13,14,15). The molecule has 1 fully saturated rings. The molecule has 1 N–H and O–H groups in total. The van der Waals surface area contributed by atoms with E-state index in [2.05, 4.69) is 22.1 Å². The van der Waals surface area contributed by atoms with E-state index in [1.807, 2.05) is 0 Å². The molecule has 0 atom stereocenters. The van der Waals surface area contributed by atoms with Crippen LogP contribution < -0.4 is 0 Å². The molecule has 1 saturated carbocycles. The van der Waals surface area contributed by atoms with E-state index in [0.717, 1.165) is 24.5 Å². The van der Waals surface area contributed by atoms with Gasteiger partial charge in [-0.15, -0.1) is 0 Å². The second-order valence-corrected chi connectivity index (χ2v) is 4.58. The van der Waals surface area contributed by atoms with Gasteiger partial charge in [0.2, 0.25) is 0 Å². The summed E-state index contributed by atoms with van der Waals surface area (Å²) < 4.78 is 0. The summed E-state index contributed by atoms with van der Waals surface area (Å²) >= 11 is 0. The van der Waals surface area contributed by atoms with Gasteiger partial charge in [0, 0.05) is 12.3 Å². The van der Waals surface area contributed by atoms with Crippen molar-refractivity contribution < 1.29 is 0 Å². The molecule has 15 heavy (non-hydrogen) atoms. The van der Waals surface area contributed by atoms with Gasteiger partial charge in [0.1, 0.15) is 5.82 Å². The van der Waals surface area contributed by atoms with Crippen molar-refractivity contribution in [1.82, 2.24) is 15.2 Å². The van der Waals surface area contributed by atoms with Gasteiger partial charge in [-0.3, -0.25) is 5.10 Å². The molecule has 1 heterocycles. The largest absolute Gasteiger partial charge is 0.263 e. The first-order valence-corrected chi connectivity index (χ1v) is 6.31. The zero-order valence-corrected chi connectivity index (χ0v) is 9.63. The maximum atomic E-state index is 4.60. The van der Waals surface area contributed by atoms with E-state index in [9.17, 15) is 0 Å². The third-order valence-corrected chi connectivity index (χ3v) is 3.26. The number of aromatic nitrogens is 3. The number of aromatic amines is 1. The van der Waals surface area contributed by atoms with Gasteiger partial charge in [0.05, 0.1) is 0 Å². The number of nitrogens with one attached hydrogen (secondary N) is 1. The molecule has 0 saturated heterocycles. The van der Waals surface area contributed by atoms with Crippen molar-refractivity contribution in [2.75, 3.05) is 0 Å². The van der Waals surface area contributed by atoms with Gasteiger partial charge in [0.25, 0.3) is 0 Å².